The van der Waals surface area contributed by atoms with Crippen molar-refractivity contribution in [1.29, 1.82) is 0 Å². The van der Waals surface area contributed by atoms with Gasteiger partial charge >= 0.3 is 23.9 Å². The van der Waals surface area contributed by atoms with Gasteiger partial charge in [-0.15, -0.1) is 0 Å². The maximum Gasteiger partial charge on any atom is 0.342 e. The number of carbonyl (C=O) groups is 4. The summed E-state index contributed by atoms with van der Waals surface area (Å²) in [5.41, 5.74) is 1.74. The summed E-state index contributed by atoms with van der Waals surface area (Å²) in [4.78, 5) is 48.8. The summed E-state index contributed by atoms with van der Waals surface area (Å²) < 4.78 is 5.08. The summed E-state index contributed by atoms with van der Waals surface area (Å²) in [5.74, 6) is -6.06. The van der Waals surface area contributed by atoms with Crippen LogP contribution in [-0.4, -0.2) is 34.1 Å². The summed E-state index contributed by atoms with van der Waals surface area (Å²) in [6.07, 6.45) is 5.54. The van der Waals surface area contributed by atoms with Crippen molar-refractivity contribution in [3.8, 4) is 0 Å². The molecule has 0 amide bonds. The molecule has 27 heavy (non-hydrogen) atoms. The molecule has 0 radical (unpaired) electrons. The molecule has 0 aromatic carbocycles. The predicted octanol–water partition coefficient (Wildman–Crippen LogP) is 2.46. The molecule has 2 unspecified atom stereocenters. The third-order valence-electron chi connectivity index (χ3n) is 6.75. The van der Waals surface area contributed by atoms with Crippen LogP contribution >= 0.6 is 0 Å². The number of carbonyl (C=O) groups excluding carboxylic acids is 2. The van der Waals surface area contributed by atoms with Crippen molar-refractivity contribution in [2.45, 2.75) is 51.4 Å². The van der Waals surface area contributed by atoms with Crippen molar-refractivity contribution < 1.29 is 34.1 Å². The molecule has 6 rings (SSSR count). The van der Waals surface area contributed by atoms with Gasteiger partial charge in [0.1, 0.15) is 0 Å². The van der Waals surface area contributed by atoms with E-state index in [0.29, 0.717) is 25.7 Å². The average Bonchev–Trinajstić information content (AvgIpc) is 2.67. The Morgan fingerprint density at radius 2 is 1.00 bits per heavy atom. The number of esters is 2. The van der Waals surface area contributed by atoms with E-state index in [1.165, 1.54) is 0 Å². The van der Waals surface area contributed by atoms with Crippen molar-refractivity contribution in [3.05, 3.63) is 22.3 Å². The minimum Gasteiger partial charge on any atom is -0.481 e. The molecule has 2 saturated carbocycles. The third-order valence-corrected chi connectivity index (χ3v) is 6.75. The molecule has 0 saturated heterocycles. The topological polar surface area (TPSA) is 118 Å². The summed E-state index contributed by atoms with van der Waals surface area (Å²) in [5, 5.41) is 19.1. The third kappa shape index (κ3) is 2.89. The number of fused-ring (bicyclic) bond motifs is 6. The van der Waals surface area contributed by atoms with Crippen LogP contribution in [0.2, 0.25) is 0 Å². The number of carboxylic acids is 2. The molecule has 2 N–H and O–H groups in total. The molecular formula is C20H22O7. The van der Waals surface area contributed by atoms with E-state index < -0.39 is 35.7 Å². The van der Waals surface area contributed by atoms with Crippen LogP contribution in [0.4, 0.5) is 0 Å². The summed E-state index contributed by atoms with van der Waals surface area (Å²) >= 11 is 0. The van der Waals surface area contributed by atoms with Crippen molar-refractivity contribution in [2.24, 2.45) is 23.7 Å². The van der Waals surface area contributed by atoms with Crippen LogP contribution in [0.25, 0.3) is 0 Å². The Balaban J connectivity index is 1.60. The number of aliphatic carboxylic acids is 2. The maximum atomic E-state index is 12.7. The highest BCUT2D eigenvalue weighted by atomic mass is 16.6. The second kappa shape index (κ2) is 6.62. The van der Waals surface area contributed by atoms with E-state index >= 15 is 0 Å². The lowest BCUT2D eigenvalue weighted by Gasteiger charge is -2.38. The lowest BCUT2D eigenvalue weighted by Crippen LogP contribution is -2.40. The minimum absolute atomic E-state index is 0.108. The van der Waals surface area contributed by atoms with Gasteiger partial charge in [0, 0.05) is 0 Å². The highest BCUT2D eigenvalue weighted by Crippen LogP contribution is 2.47. The summed E-state index contributed by atoms with van der Waals surface area (Å²) in [6.45, 7) is 0. The Labute approximate surface area is 156 Å². The van der Waals surface area contributed by atoms with Gasteiger partial charge in [0.05, 0.1) is 23.0 Å². The first-order valence-corrected chi connectivity index (χ1v) is 9.54. The molecule has 144 valence electrons. The van der Waals surface area contributed by atoms with E-state index in [-0.39, 0.29) is 23.0 Å². The fourth-order valence-electron chi connectivity index (χ4n) is 5.48. The molecule has 0 spiro atoms. The Morgan fingerprint density at radius 3 is 1.30 bits per heavy atom. The Kier molecular flexibility index (Phi) is 4.40. The second-order valence-corrected chi connectivity index (χ2v) is 8.02. The van der Waals surface area contributed by atoms with Crippen molar-refractivity contribution in [1.82, 2.24) is 0 Å². The van der Waals surface area contributed by atoms with Crippen LogP contribution in [0.15, 0.2) is 22.3 Å². The monoisotopic (exact) mass is 374 g/mol. The van der Waals surface area contributed by atoms with E-state index in [1.54, 1.807) is 0 Å². The van der Waals surface area contributed by atoms with E-state index in [2.05, 4.69) is 0 Å². The Hall–Kier alpha value is -2.44. The van der Waals surface area contributed by atoms with Crippen LogP contribution < -0.4 is 0 Å². The molecule has 6 aliphatic rings. The molecule has 0 aromatic rings. The number of carboxylic acid groups (broad SMARTS) is 2. The Morgan fingerprint density at radius 1 is 0.667 bits per heavy atom. The van der Waals surface area contributed by atoms with Gasteiger partial charge in [0.25, 0.3) is 0 Å². The molecule has 7 heteroatoms. The van der Waals surface area contributed by atoms with Gasteiger partial charge in [0.15, 0.2) is 0 Å². The summed E-state index contributed by atoms with van der Waals surface area (Å²) in [7, 11) is 0. The van der Waals surface area contributed by atoms with Gasteiger partial charge in [-0.2, -0.15) is 0 Å². The van der Waals surface area contributed by atoms with E-state index in [0.717, 1.165) is 36.8 Å². The van der Waals surface area contributed by atoms with Crippen LogP contribution in [0.3, 0.4) is 0 Å². The van der Waals surface area contributed by atoms with Gasteiger partial charge in [-0.1, -0.05) is 11.1 Å². The first kappa shape index (κ1) is 17.9. The summed E-state index contributed by atoms with van der Waals surface area (Å²) in [6, 6.07) is 0. The lowest BCUT2D eigenvalue weighted by molar-refractivity contribution is -0.159. The normalized spacial score (nSPS) is 31.9. The van der Waals surface area contributed by atoms with Crippen LogP contribution in [0.1, 0.15) is 51.4 Å². The van der Waals surface area contributed by atoms with E-state index in [1.807, 2.05) is 0 Å². The van der Waals surface area contributed by atoms with Crippen LogP contribution in [0, 0.1) is 23.7 Å². The minimum atomic E-state index is -1.07. The number of hydrogen-bond acceptors (Lipinski definition) is 5. The molecule has 6 aliphatic carbocycles. The SMILES string of the molecule is O=C(OC(=O)C1=C2CCC(CC2)C1C(=O)O)C1=C2CCC(CC2)C1C(=O)O. The quantitative estimate of drug-likeness (QED) is 0.573. The molecule has 0 aliphatic heterocycles. The molecule has 0 aromatic heterocycles. The van der Waals surface area contributed by atoms with Gasteiger partial charge in [0.2, 0.25) is 0 Å². The highest BCUT2D eigenvalue weighted by Gasteiger charge is 2.47. The Bertz CT molecular complexity index is 717. The molecule has 0 heterocycles. The lowest BCUT2D eigenvalue weighted by atomic mass is 9.66. The molecule has 2 atom stereocenters. The number of ether oxygens (including phenoxy) is 1. The molecule has 2 fully saturated rings. The zero-order valence-electron chi connectivity index (χ0n) is 14.9. The van der Waals surface area contributed by atoms with E-state index in [4.69, 9.17) is 4.74 Å². The first-order chi connectivity index (χ1) is 12.9. The van der Waals surface area contributed by atoms with Crippen LogP contribution in [-0.2, 0) is 23.9 Å². The van der Waals surface area contributed by atoms with Crippen molar-refractivity contribution >= 4 is 23.9 Å². The number of allylic oxidation sites excluding steroid dienone is 2. The highest BCUT2D eigenvalue weighted by molar-refractivity contribution is 6.07. The second-order valence-electron chi connectivity index (χ2n) is 8.02. The average molecular weight is 374 g/mol. The fraction of sp³-hybridized carbons (Fsp3) is 0.600. The number of rotatable bonds is 4. The van der Waals surface area contributed by atoms with Crippen molar-refractivity contribution in [3.63, 3.8) is 0 Å². The van der Waals surface area contributed by atoms with Crippen molar-refractivity contribution in [2.75, 3.05) is 0 Å². The van der Waals surface area contributed by atoms with Gasteiger partial charge in [-0.3, -0.25) is 9.59 Å². The zero-order valence-corrected chi connectivity index (χ0v) is 14.9. The maximum absolute atomic E-state index is 12.7. The predicted molar refractivity (Wildman–Crippen MR) is 91.3 cm³/mol. The van der Waals surface area contributed by atoms with Gasteiger partial charge < -0.3 is 14.9 Å². The largest absolute Gasteiger partial charge is 0.481 e. The van der Waals surface area contributed by atoms with Gasteiger partial charge in [-0.25, -0.2) is 9.59 Å². The van der Waals surface area contributed by atoms with E-state index in [9.17, 15) is 29.4 Å². The fourth-order valence-corrected chi connectivity index (χ4v) is 5.48. The van der Waals surface area contributed by atoms with Gasteiger partial charge in [-0.05, 0) is 63.2 Å². The zero-order chi connectivity index (χ0) is 19.3. The first-order valence-electron chi connectivity index (χ1n) is 9.54. The number of hydrogen-bond donors (Lipinski definition) is 2. The smallest absolute Gasteiger partial charge is 0.342 e. The standard InChI is InChI=1S/C20H22O7/c21-17(22)13-9-1-5-11(6-2-9)15(13)19(25)27-20(26)16-12-7-3-10(4-8-12)14(16)18(23)24/h9-10,13-14H,1-8H2,(H,21,22)(H,23,24). The molecule has 4 bridgehead atoms. The van der Waals surface area contributed by atoms with Crippen LogP contribution in [0.5, 0.6) is 0 Å². The molecular weight excluding hydrogens is 352 g/mol. The molecule has 7 nitrogen and oxygen atoms in total.